The molecule has 7 heteroatoms. The van der Waals surface area contributed by atoms with Gasteiger partial charge in [0.05, 0.1) is 24.8 Å². The molecule has 0 spiro atoms. The topological polar surface area (TPSA) is 79.3 Å². The van der Waals surface area contributed by atoms with Gasteiger partial charge in [-0.25, -0.2) is 0 Å². The van der Waals surface area contributed by atoms with Crippen LogP contribution < -0.4 is 9.47 Å². The van der Waals surface area contributed by atoms with Crippen molar-refractivity contribution in [3.63, 3.8) is 0 Å². The van der Waals surface area contributed by atoms with Crippen LogP contribution in [0.25, 0.3) is 5.76 Å². The molecule has 1 aliphatic heterocycles. The van der Waals surface area contributed by atoms with Gasteiger partial charge in [0.15, 0.2) is 0 Å². The van der Waals surface area contributed by atoms with Gasteiger partial charge >= 0.3 is 0 Å². The molecule has 36 heavy (non-hydrogen) atoms. The molecule has 2 aromatic carbocycles. The molecule has 0 saturated carbocycles. The third-order valence-corrected chi connectivity index (χ3v) is 6.09. The lowest BCUT2D eigenvalue weighted by molar-refractivity contribution is -0.139. The molecular weight excluding hydrogens is 456 g/mol. The van der Waals surface area contributed by atoms with Crippen LogP contribution >= 0.6 is 0 Å². The van der Waals surface area contributed by atoms with Gasteiger partial charge in [0.1, 0.15) is 17.3 Å². The maximum absolute atomic E-state index is 13.2. The molecule has 1 N–H and O–H groups in total. The fourth-order valence-electron chi connectivity index (χ4n) is 4.20. The van der Waals surface area contributed by atoms with Crippen molar-refractivity contribution in [1.29, 1.82) is 0 Å². The Bertz CT molecular complexity index is 1060. The number of ketones is 1. The lowest BCUT2D eigenvalue weighted by Gasteiger charge is -2.26. The summed E-state index contributed by atoms with van der Waals surface area (Å²) in [5.74, 6) is -0.130. The van der Waals surface area contributed by atoms with Gasteiger partial charge in [-0.2, -0.15) is 0 Å². The van der Waals surface area contributed by atoms with E-state index < -0.39 is 17.7 Å². The number of amides is 1. The van der Waals surface area contributed by atoms with Crippen LogP contribution in [-0.2, 0) is 9.59 Å². The van der Waals surface area contributed by atoms with Crippen molar-refractivity contribution < 1.29 is 24.2 Å². The zero-order valence-corrected chi connectivity index (χ0v) is 21.8. The molecule has 0 aliphatic carbocycles. The Balaban J connectivity index is 2.00. The number of aliphatic hydroxyl groups is 1. The maximum Gasteiger partial charge on any atom is 0.295 e. The number of ether oxygens (including phenoxy) is 2. The Hall–Kier alpha value is -3.32. The van der Waals surface area contributed by atoms with E-state index in [2.05, 4.69) is 6.92 Å². The number of hydrogen-bond acceptors (Lipinski definition) is 6. The van der Waals surface area contributed by atoms with Gasteiger partial charge in [-0.3, -0.25) is 9.59 Å². The van der Waals surface area contributed by atoms with Gasteiger partial charge in [0, 0.05) is 12.1 Å². The number of rotatable bonds is 13. The third-order valence-electron chi connectivity index (χ3n) is 6.09. The Kier molecular flexibility index (Phi) is 9.94. The summed E-state index contributed by atoms with van der Waals surface area (Å²) < 4.78 is 11.5. The van der Waals surface area contributed by atoms with E-state index in [0.717, 1.165) is 37.1 Å². The summed E-state index contributed by atoms with van der Waals surface area (Å²) in [6.45, 7) is 6.48. The van der Waals surface area contributed by atoms with E-state index in [1.165, 1.54) is 0 Å². The largest absolute Gasteiger partial charge is 0.507 e. The number of aliphatic hydroxyl groups excluding tert-OH is 1. The summed E-state index contributed by atoms with van der Waals surface area (Å²) in [7, 11) is 3.94. The van der Waals surface area contributed by atoms with Crippen molar-refractivity contribution in [2.24, 2.45) is 0 Å². The standard InChI is InChI=1S/C29H38N2O5/c1-5-7-19-36-23-14-12-21(13-15-23)26-25(28(33)29(34)31(26)17-9-16-30(3)4)27(32)22-10-8-11-24(20-22)35-18-6-2/h8,10-15,20,26,32H,5-7,9,16-19H2,1-4H3/b27-25+. The molecule has 1 amide bonds. The van der Waals surface area contributed by atoms with Gasteiger partial charge in [0.25, 0.3) is 11.7 Å². The molecule has 0 bridgehead atoms. The summed E-state index contributed by atoms with van der Waals surface area (Å²) in [6.07, 6.45) is 3.57. The van der Waals surface area contributed by atoms with E-state index in [9.17, 15) is 14.7 Å². The number of nitrogens with zero attached hydrogens (tertiary/aromatic N) is 2. The average molecular weight is 495 g/mol. The Morgan fingerprint density at radius 3 is 2.33 bits per heavy atom. The average Bonchev–Trinajstić information content (AvgIpc) is 3.12. The first-order valence-electron chi connectivity index (χ1n) is 12.8. The predicted molar refractivity (Wildman–Crippen MR) is 141 cm³/mol. The second-order valence-corrected chi connectivity index (χ2v) is 9.30. The third kappa shape index (κ3) is 6.66. The quantitative estimate of drug-likeness (QED) is 0.182. The van der Waals surface area contributed by atoms with Crippen molar-refractivity contribution in [2.45, 2.75) is 45.6 Å². The minimum Gasteiger partial charge on any atom is -0.507 e. The highest BCUT2D eigenvalue weighted by molar-refractivity contribution is 6.46. The normalized spacial score (nSPS) is 17.1. The van der Waals surface area contributed by atoms with Crippen molar-refractivity contribution in [3.8, 4) is 11.5 Å². The van der Waals surface area contributed by atoms with Crippen LogP contribution in [0.5, 0.6) is 11.5 Å². The molecule has 3 rings (SSSR count). The number of carbonyl (C=O) groups is 2. The van der Waals surface area contributed by atoms with Crippen LogP contribution in [-0.4, -0.2) is 67.0 Å². The highest BCUT2D eigenvalue weighted by Crippen LogP contribution is 2.40. The van der Waals surface area contributed by atoms with Crippen LogP contribution in [0.4, 0.5) is 0 Å². The minimum atomic E-state index is -0.683. The predicted octanol–water partition coefficient (Wildman–Crippen LogP) is 5.03. The summed E-state index contributed by atoms with van der Waals surface area (Å²) in [5.41, 5.74) is 1.29. The summed E-state index contributed by atoms with van der Waals surface area (Å²) in [6, 6.07) is 13.7. The molecule has 7 nitrogen and oxygen atoms in total. The molecule has 0 aromatic heterocycles. The molecule has 1 atom stereocenters. The van der Waals surface area contributed by atoms with E-state index in [4.69, 9.17) is 9.47 Å². The number of benzene rings is 2. The van der Waals surface area contributed by atoms with Gasteiger partial charge in [-0.15, -0.1) is 0 Å². The number of hydrogen-bond donors (Lipinski definition) is 1. The van der Waals surface area contributed by atoms with E-state index in [0.29, 0.717) is 37.5 Å². The van der Waals surface area contributed by atoms with Crippen molar-refractivity contribution >= 4 is 17.4 Å². The van der Waals surface area contributed by atoms with E-state index >= 15 is 0 Å². The van der Waals surface area contributed by atoms with Crippen LogP contribution in [0.1, 0.15) is 56.7 Å². The SMILES string of the molecule is CCCCOc1ccc(C2/C(=C(\O)c3cccc(OCCC)c3)C(=O)C(=O)N2CCCN(C)C)cc1. The van der Waals surface area contributed by atoms with Crippen molar-refractivity contribution in [1.82, 2.24) is 9.80 Å². The smallest absolute Gasteiger partial charge is 0.295 e. The van der Waals surface area contributed by atoms with Gasteiger partial charge < -0.3 is 24.4 Å². The lowest BCUT2D eigenvalue weighted by Crippen LogP contribution is -2.32. The van der Waals surface area contributed by atoms with E-state index in [1.807, 2.05) is 50.2 Å². The highest BCUT2D eigenvalue weighted by Gasteiger charge is 2.45. The van der Waals surface area contributed by atoms with Gasteiger partial charge in [-0.05, 0) is 69.7 Å². The van der Waals surface area contributed by atoms with Gasteiger partial charge in [0.2, 0.25) is 0 Å². The monoisotopic (exact) mass is 494 g/mol. The second-order valence-electron chi connectivity index (χ2n) is 9.30. The Morgan fingerprint density at radius 1 is 0.944 bits per heavy atom. The first kappa shape index (κ1) is 27.3. The van der Waals surface area contributed by atoms with Crippen molar-refractivity contribution in [2.75, 3.05) is 40.4 Å². The molecule has 1 fully saturated rings. The number of carbonyl (C=O) groups excluding carboxylic acids is 2. The number of likely N-dealkylation sites (tertiary alicyclic amines) is 1. The molecule has 1 heterocycles. The molecule has 0 radical (unpaired) electrons. The van der Waals surface area contributed by atoms with E-state index in [-0.39, 0.29) is 11.3 Å². The minimum absolute atomic E-state index is 0.0946. The van der Waals surface area contributed by atoms with Crippen LogP contribution in [0.3, 0.4) is 0 Å². The van der Waals surface area contributed by atoms with Crippen LogP contribution in [0, 0.1) is 0 Å². The molecule has 2 aromatic rings. The van der Waals surface area contributed by atoms with Gasteiger partial charge in [-0.1, -0.05) is 44.5 Å². The molecule has 1 aliphatic rings. The van der Waals surface area contributed by atoms with Crippen LogP contribution in [0.2, 0.25) is 0 Å². The van der Waals surface area contributed by atoms with Crippen molar-refractivity contribution in [3.05, 3.63) is 65.2 Å². The Labute approximate surface area is 214 Å². The summed E-state index contributed by atoms with van der Waals surface area (Å²) in [4.78, 5) is 30.0. The first-order valence-corrected chi connectivity index (χ1v) is 12.8. The fraction of sp³-hybridized carbons (Fsp3) is 0.448. The van der Waals surface area contributed by atoms with Crippen LogP contribution in [0.15, 0.2) is 54.1 Å². The fourth-order valence-corrected chi connectivity index (χ4v) is 4.20. The zero-order chi connectivity index (χ0) is 26.1. The lowest BCUT2D eigenvalue weighted by atomic mass is 9.95. The molecular formula is C29H38N2O5. The number of unbranched alkanes of at least 4 members (excludes halogenated alkanes) is 1. The highest BCUT2D eigenvalue weighted by atomic mass is 16.5. The summed E-state index contributed by atoms with van der Waals surface area (Å²) >= 11 is 0. The molecule has 1 saturated heterocycles. The Morgan fingerprint density at radius 2 is 1.67 bits per heavy atom. The number of Topliss-reactive ketones (excluding diaryl/α,β-unsaturated/α-hetero) is 1. The second kappa shape index (κ2) is 13.1. The maximum atomic E-state index is 13.2. The zero-order valence-electron chi connectivity index (χ0n) is 21.8. The molecule has 194 valence electrons. The first-order chi connectivity index (χ1) is 17.4. The van der Waals surface area contributed by atoms with E-state index in [1.54, 1.807) is 29.2 Å². The molecule has 1 unspecified atom stereocenters. The summed E-state index contributed by atoms with van der Waals surface area (Å²) in [5, 5.41) is 11.3.